The van der Waals surface area contributed by atoms with E-state index in [0.717, 1.165) is 0 Å². The molecule has 1 heteroatoms. The van der Waals surface area contributed by atoms with Crippen molar-refractivity contribution in [2.24, 2.45) is 0 Å². The van der Waals surface area contributed by atoms with Crippen LogP contribution < -0.4 is 0 Å². The normalized spacial score (nSPS) is 11.6. The number of rotatable bonds is 23. The number of unbranched alkanes of at least 4 members (excludes halogenated alkanes) is 17. The van der Waals surface area contributed by atoms with E-state index in [4.69, 9.17) is 0 Å². The fourth-order valence-electron chi connectivity index (χ4n) is 4.19. The van der Waals surface area contributed by atoms with Crippen LogP contribution in [0.25, 0.3) is 0 Å². The summed E-state index contributed by atoms with van der Waals surface area (Å²) >= 11 is -1.03. The summed E-state index contributed by atoms with van der Waals surface area (Å²) in [7, 11) is 0. The topological polar surface area (TPSA) is 0 Å². The van der Waals surface area contributed by atoms with Gasteiger partial charge in [0, 0.05) is 0 Å². The van der Waals surface area contributed by atoms with Crippen LogP contribution in [0.2, 0.25) is 13.3 Å². The van der Waals surface area contributed by atoms with Gasteiger partial charge in [-0.3, -0.25) is 0 Å². The molecule has 0 aromatic rings. The van der Waals surface area contributed by atoms with Gasteiger partial charge in [-0.2, -0.15) is 0 Å². The first-order chi connectivity index (χ1) is 13.3. The second-order valence-corrected chi connectivity index (χ2v) is 17.6. The van der Waals surface area contributed by atoms with Crippen molar-refractivity contribution in [1.29, 1.82) is 0 Å². The van der Waals surface area contributed by atoms with E-state index in [1.54, 1.807) is 39.0 Å². The zero-order chi connectivity index (χ0) is 19.8. The molecule has 0 atom stereocenters. The van der Waals surface area contributed by atoms with E-state index < -0.39 is 19.8 Å². The fraction of sp³-hybridized carbons (Fsp3) is 1.00. The van der Waals surface area contributed by atoms with E-state index >= 15 is 0 Å². The Kier molecular flexibility index (Phi) is 25.6. The third-order valence-corrected chi connectivity index (χ3v) is 15.2. The van der Waals surface area contributed by atoms with Gasteiger partial charge in [0.05, 0.1) is 0 Å². The van der Waals surface area contributed by atoms with Gasteiger partial charge in [-0.1, -0.05) is 0 Å². The Morgan fingerprint density at radius 1 is 0.296 bits per heavy atom. The third kappa shape index (κ3) is 22.9. The minimum absolute atomic E-state index is 1.03. The molecular weight excluding hydrogens is 431 g/mol. The first kappa shape index (κ1) is 27.8. The maximum absolute atomic E-state index is 2.33. The molecule has 1 radical (unpaired) electrons. The van der Waals surface area contributed by atoms with Crippen molar-refractivity contribution >= 4 is 19.8 Å². The first-order valence-corrected chi connectivity index (χ1v) is 19.2. The van der Waals surface area contributed by atoms with Gasteiger partial charge in [-0.25, -0.2) is 0 Å². The molecule has 0 aromatic heterocycles. The molecule has 0 amide bonds. The van der Waals surface area contributed by atoms with E-state index in [1.165, 1.54) is 103 Å². The summed E-state index contributed by atoms with van der Waals surface area (Å²) in [5.74, 6) is 0. The van der Waals surface area contributed by atoms with Crippen molar-refractivity contribution in [2.45, 2.75) is 162 Å². The van der Waals surface area contributed by atoms with Crippen LogP contribution in [0.15, 0.2) is 0 Å². The van der Waals surface area contributed by atoms with Crippen molar-refractivity contribution in [3.8, 4) is 0 Å². The molecule has 0 heterocycles. The van der Waals surface area contributed by atoms with Crippen LogP contribution in [0.4, 0.5) is 0 Å². The molecule has 0 bridgehead atoms. The quantitative estimate of drug-likeness (QED) is 0.0996. The summed E-state index contributed by atoms with van der Waals surface area (Å²) in [6.45, 7) is 6.98. The summed E-state index contributed by atoms with van der Waals surface area (Å²) in [5, 5.41) is 0. The molecule has 0 aliphatic rings. The van der Waals surface area contributed by atoms with Gasteiger partial charge in [0.2, 0.25) is 0 Å². The second kappa shape index (κ2) is 24.8. The molecule has 0 saturated carbocycles. The predicted octanol–water partition coefficient (Wildman–Crippen LogP) is 10.3. The first-order valence-electron chi connectivity index (χ1n) is 13.2. The van der Waals surface area contributed by atoms with Crippen molar-refractivity contribution in [3.05, 3.63) is 0 Å². The van der Waals surface area contributed by atoms with Crippen molar-refractivity contribution in [2.75, 3.05) is 0 Å². The molecule has 0 N–H and O–H groups in total. The van der Waals surface area contributed by atoms with Crippen LogP contribution >= 0.6 is 0 Å². The molecule has 0 aliphatic carbocycles. The Labute approximate surface area is 181 Å². The van der Waals surface area contributed by atoms with Crippen LogP contribution in [-0.2, 0) is 0 Å². The maximum atomic E-state index is 2.33. The zero-order valence-electron chi connectivity index (χ0n) is 19.8. The predicted molar refractivity (Wildman–Crippen MR) is 130 cm³/mol. The average Bonchev–Trinajstić information content (AvgIpc) is 2.68. The SMILES string of the molecule is CCCCCCCCC[CH2][Sn]([CH2]CCCCCCC)[CH2]CCCCCCC. The molecule has 163 valence electrons. The van der Waals surface area contributed by atoms with Gasteiger partial charge in [-0.15, -0.1) is 0 Å². The number of hydrogen-bond acceptors (Lipinski definition) is 0. The van der Waals surface area contributed by atoms with Gasteiger partial charge < -0.3 is 0 Å². The van der Waals surface area contributed by atoms with Crippen molar-refractivity contribution in [3.63, 3.8) is 0 Å². The molecule has 0 spiro atoms. The number of hydrogen-bond donors (Lipinski definition) is 0. The van der Waals surface area contributed by atoms with Gasteiger partial charge in [0.25, 0.3) is 0 Å². The standard InChI is InChI=1S/C10H21.2C8H17.Sn/c1-3-5-7-9-10-8-6-4-2;2*1-3-5-7-8-6-4-2;/h1,3-10H2,2H3;2*1,3-8H2,2H3;. The van der Waals surface area contributed by atoms with Crippen molar-refractivity contribution in [1.82, 2.24) is 0 Å². The Hall–Kier alpha value is 0.799. The Morgan fingerprint density at radius 3 is 0.778 bits per heavy atom. The van der Waals surface area contributed by atoms with Gasteiger partial charge in [0.1, 0.15) is 0 Å². The Balaban J connectivity index is 3.77. The summed E-state index contributed by atoms with van der Waals surface area (Å²) in [4.78, 5) is 0. The molecule has 0 aliphatic heterocycles. The van der Waals surface area contributed by atoms with Crippen LogP contribution in [-0.4, -0.2) is 19.8 Å². The minimum atomic E-state index is -1.03. The molecule has 0 fully saturated rings. The summed E-state index contributed by atoms with van der Waals surface area (Å²) < 4.78 is 5.17. The summed E-state index contributed by atoms with van der Waals surface area (Å²) in [6.07, 6.45) is 29.9. The molecule has 0 saturated heterocycles. The van der Waals surface area contributed by atoms with Crippen LogP contribution in [0.3, 0.4) is 0 Å². The van der Waals surface area contributed by atoms with Gasteiger partial charge in [-0.05, 0) is 0 Å². The molecular formula is C26H55Sn. The molecule has 0 rings (SSSR count). The van der Waals surface area contributed by atoms with E-state index in [-0.39, 0.29) is 0 Å². The van der Waals surface area contributed by atoms with Crippen molar-refractivity contribution < 1.29 is 0 Å². The molecule has 0 nitrogen and oxygen atoms in total. The average molecular weight is 486 g/mol. The van der Waals surface area contributed by atoms with E-state index in [0.29, 0.717) is 0 Å². The Bertz CT molecular complexity index is 235. The summed E-state index contributed by atoms with van der Waals surface area (Å²) in [5.41, 5.74) is 0. The monoisotopic (exact) mass is 487 g/mol. The van der Waals surface area contributed by atoms with Crippen LogP contribution in [0, 0.1) is 0 Å². The van der Waals surface area contributed by atoms with Gasteiger partial charge >= 0.3 is 182 Å². The van der Waals surface area contributed by atoms with E-state index in [2.05, 4.69) is 20.8 Å². The van der Waals surface area contributed by atoms with E-state index in [1.807, 2.05) is 0 Å². The fourth-order valence-corrected chi connectivity index (χ4v) is 12.8. The van der Waals surface area contributed by atoms with E-state index in [9.17, 15) is 0 Å². The second-order valence-electron chi connectivity index (χ2n) is 9.01. The van der Waals surface area contributed by atoms with Gasteiger partial charge in [0.15, 0.2) is 0 Å². The third-order valence-electron chi connectivity index (χ3n) is 6.15. The van der Waals surface area contributed by atoms with Crippen LogP contribution in [0.5, 0.6) is 0 Å². The van der Waals surface area contributed by atoms with Crippen LogP contribution in [0.1, 0.15) is 149 Å². The zero-order valence-corrected chi connectivity index (χ0v) is 22.6. The molecule has 27 heavy (non-hydrogen) atoms. The molecule has 0 aromatic carbocycles. The molecule has 0 unspecified atom stereocenters. The Morgan fingerprint density at radius 2 is 0.519 bits per heavy atom. The summed E-state index contributed by atoms with van der Waals surface area (Å²) in [6, 6.07) is 0.